The van der Waals surface area contributed by atoms with E-state index < -0.39 is 0 Å². The van der Waals surface area contributed by atoms with Crippen LogP contribution in [0.15, 0.2) is 53.4 Å². The molecule has 26 heavy (non-hydrogen) atoms. The van der Waals surface area contributed by atoms with Gasteiger partial charge in [0.25, 0.3) is 11.8 Å². The van der Waals surface area contributed by atoms with Gasteiger partial charge in [0.1, 0.15) is 4.32 Å². The number of carbonyl (C=O) groups is 2. The Morgan fingerprint density at radius 3 is 2.50 bits per heavy atom. The summed E-state index contributed by atoms with van der Waals surface area (Å²) in [7, 11) is 1.71. The van der Waals surface area contributed by atoms with Crippen molar-refractivity contribution in [2.75, 3.05) is 11.9 Å². The summed E-state index contributed by atoms with van der Waals surface area (Å²) in [6, 6.07) is 14.8. The second-order valence-corrected chi connectivity index (χ2v) is 7.99. The van der Waals surface area contributed by atoms with Crippen LogP contribution in [0.4, 0.5) is 5.69 Å². The number of amides is 2. The van der Waals surface area contributed by atoms with Crippen LogP contribution in [-0.2, 0) is 16.1 Å². The molecule has 1 fully saturated rings. The summed E-state index contributed by atoms with van der Waals surface area (Å²) >= 11 is 12.8. The molecule has 2 amide bonds. The number of anilines is 1. The minimum atomic E-state index is -0.256. The molecule has 0 bridgehead atoms. The second kappa shape index (κ2) is 6.54. The van der Waals surface area contributed by atoms with Crippen molar-refractivity contribution in [1.82, 2.24) is 4.90 Å². The SMILES string of the molecule is CN1C(=O)/C(=C2\SC(=S)N(Cc3ccccc3Cl)C2=O)c2ccccc21. The van der Waals surface area contributed by atoms with Gasteiger partial charge in [-0.15, -0.1) is 0 Å². The van der Waals surface area contributed by atoms with E-state index in [0.717, 1.165) is 16.8 Å². The lowest BCUT2D eigenvalue weighted by molar-refractivity contribution is -0.122. The highest BCUT2D eigenvalue weighted by Crippen LogP contribution is 2.44. The lowest BCUT2D eigenvalue weighted by Gasteiger charge is -2.15. The quantitative estimate of drug-likeness (QED) is 0.562. The fourth-order valence-electron chi connectivity index (χ4n) is 3.07. The summed E-state index contributed by atoms with van der Waals surface area (Å²) in [5.74, 6) is -0.446. The largest absolute Gasteiger partial charge is 0.311 e. The number of likely N-dealkylation sites (N-methyl/N-ethyl adjacent to an activating group) is 1. The first-order valence-electron chi connectivity index (χ1n) is 7.88. The zero-order chi connectivity index (χ0) is 18.4. The van der Waals surface area contributed by atoms with Gasteiger partial charge in [0.2, 0.25) is 0 Å². The number of hydrogen-bond acceptors (Lipinski definition) is 4. The Morgan fingerprint density at radius 1 is 1.04 bits per heavy atom. The summed E-state index contributed by atoms with van der Waals surface area (Å²) in [6.45, 7) is 0.285. The van der Waals surface area contributed by atoms with Crippen LogP contribution < -0.4 is 4.90 Å². The van der Waals surface area contributed by atoms with Gasteiger partial charge in [0.05, 0.1) is 22.7 Å². The lowest BCUT2D eigenvalue weighted by Crippen LogP contribution is -2.28. The van der Waals surface area contributed by atoms with Gasteiger partial charge in [-0.1, -0.05) is 72.0 Å². The Bertz CT molecular complexity index is 1000. The van der Waals surface area contributed by atoms with Gasteiger partial charge in [0.15, 0.2) is 0 Å². The number of halogens is 1. The van der Waals surface area contributed by atoms with E-state index in [9.17, 15) is 9.59 Å². The topological polar surface area (TPSA) is 40.6 Å². The van der Waals surface area contributed by atoms with E-state index in [1.165, 1.54) is 16.7 Å². The summed E-state index contributed by atoms with van der Waals surface area (Å²) in [4.78, 5) is 29.2. The van der Waals surface area contributed by atoms with Crippen LogP contribution in [0.3, 0.4) is 0 Å². The van der Waals surface area contributed by atoms with E-state index in [1.807, 2.05) is 42.5 Å². The first-order chi connectivity index (χ1) is 12.5. The van der Waals surface area contributed by atoms with Crippen molar-refractivity contribution >= 4 is 63.0 Å². The highest BCUT2D eigenvalue weighted by atomic mass is 35.5. The third kappa shape index (κ3) is 2.65. The fourth-order valence-corrected chi connectivity index (χ4v) is 4.59. The molecule has 2 aromatic rings. The second-order valence-electron chi connectivity index (χ2n) is 5.94. The van der Waals surface area contributed by atoms with Crippen molar-refractivity contribution in [3.05, 3.63) is 69.6 Å². The predicted octanol–water partition coefficient (Wildman–Crippen LogP) is 4.09. The van der Waals surface area contributed by atoms with Crippen molar-refractivity contribution < 1.29 is 9.59 Å². The maximum atomic E-state index is 13.0. The standard InChI is InChI=1S/C19H13ClN2O2S2/c1-21-14-9-5-3-7-12(14)15(17(21)23)16-18(24)22(19(25)26-16)10-11-6-2-4-8-13(11)20/h2-9H,10H2,1H3/b16-15-. The Kier molecular flexibility index (Phi) is 4.34. The van der Waals surface area contributed by atoms with Crippen molar-refractivity contribution in [3.63, 3.8) is 0 Å². The highest BCUT2D eigenvalue weighted by molar-refractivity contribution is 8.26. The van der Waals surface area contributed by atoms with E-state index in [1.54, 1.807) is 18.0 Å². The molecule has 0 spiro atoms. The molecule has 2 heterocycles. The lowest BCUT2D eigenvalue weighted by atomic mass is 10.1. The molecule has 1 saturated heterocycles. The van der Waals surface area contributed by atoms with Gasteiger partial charge >= 0.3 is 0 Å². The van der Waals surface area contributed by atoms with E-state index in [4.69, 9.17) is 23.8 Å². The summed E-state index contributed by atoms with van der Waals surface area (Å²) in [5.41, 5.74) is 2.79. The molecule has 0 aliphatic carbocycles. The number of thioether (sulfide) groups is 1. The van der Waals surface area contributed by atoms with Gasteiger partial charge < -0.3 is 4.90 Å². The number of carbonyl (C=O) groups excluding carboxylic acids is 2. The predicted molar refractivity (Wildman–Crippen MR) is 109 cm³/mol. The first kappa shape index (κ1) is 17.3. The normalized spacial score (nSPS) is 19.5. The fraction of sp³-hybridized carbons (Fsp3) is 0.105. The molecule has 0 atom stereocenters. The van der Waals surface area contributed by atoms with Crippen LogP contribution in [0.5, 0.6) is 0 Å². The van der Waals surface area contributed by atoms with Crippen LogP contribution in [0.2, 0.25) is 5.02 Å². The van der Waals surface area contributed by atoms with Crippen LogP contribution in [0, 0.1) is 0 Å². The molecule has 4 nitrogen and oxygen atoms in total. The van der Waals surface area contributed by atoms with Crippen LogP contribution in [0.25, 0.3) is 5.57 Å². The van der Waals surface area contributed by atoms with Crippen LogP contribution in [0.1, 0.15) is 11.1 Å². The van der Waals surface area contributed by atoms with Gasteiger partial charge in [-0.05, 0) is 17.7 Å². The maximum Gasteiger partial charge on any atom is 0.267 e. The molecule has 7 heteroatoms. The molecule has 0 saturated carbocycles. The maximum absolute atomic E-state index is 13.0. The average molecular weight is 401 g/mol. The Morgan fingerprint density at radius 2 is 1.73 bits per heavy atom. The van der Waals surface area contributed by atoms with E-state index >= 15 is 0 Å². The van der Waals surface area contributed by atoms with Gasteiger partial charge in [0, 0.05) is 17.6 Å². The zero-order valence-corrected chi connectivity index (χ0v) is 16.1. The van der Waals surface area contributed by atoms with Crippen LogP contribution in [-0.4, -0.2) is 28.1 Å². The summed E-state index contributed by atoms with van der Waals surface area (Å²) in [6.07, 6.45) is 0. The van der Waals surface area contributed by atoms with E-state index in [-0.39, 0.29) is 18.4 Å². The number of para-hydroxylation sites is 1. The Balaban J connectivity index is 1.75. The number of thiocarbonyl (C=S) groups is 1. The monoisotopic (exact) mass is 400 g/mol. The molecule has 2 aliphatic rings. The number of rotatable bonds is 2. The van der Waals surface area contributed by atoms with Gasteiger partial charge in [-0.2, -0.15) is 0 Å². The van der Waals surface area contributed by atoms with Crippen molar-refractivity contribution in [1.29, 1.82) is 0 Å². The number of nitrogens with zero attached hydrogens (tertiary/aromatic N) is 2. The molecule has 130 valence electrons. The molecular formula is C19H13ClN2O2S2. The minimum absolute atomic E-state index is 0.190. The molecule has 0 aromatic heterocycles. The van der Waals surface area contributed by atoms with E-state index in [0.29, 0.717) is 19.8 Å². The third-order valence-corrected chi connectivity index (χ3v) is 6.23. The van der Waals surface area contributed by atoms with E-state index in [2.05, 4.69) is 0 Å². The Labute approximate surface area is 165 Å². The molecule has 2 aromatic carbocycles. The van der Waals surface area contributed by atoms with Crippen molar-refractivity contribution in [3.8, 4) is 0 Å². The number of benzene rings is 2. The van der Waals surface area contributed by atoms with Crippen LogP contribution >= 0.6 is 35.6 Å². The van der Waals surface area contributed by atoms with Gasteiger partial charge in [-0.25, -0.2) is 0 Å². The molecular weight excluding hydrogens is 388 g/mol. The zero-order valence-electron chi connectivity index (χ0n) is 13.7. The summed E-state index contributed by atoms with van der Waals surface area (Å²) in [5, 5.41) is 0.580. The molecule has 0 N–H and O–H groups in total. The molecule has 4 rings (SSSR count). The molecule has 0 radical (unpaired) electrons. The number of hydrogen-bond donors (Lipinski definition) is 0. The van der Waals surface area contributed by atoms with Gasteiger partial charge in [-0.3, -0.25) is 14.5 Å². The number of fused-ring (bicyclic) bond motifs is 1. The third-order valence-electron chi connectivity index (χ3n) is 4.42. The van der Waals surface area contributed by atoms with Crippen molar-refractivity contribution in [2.24, 2.45) is 0 Å². The minimum Gasteiger partial charge on any atom is -0.311 e. The van der Waals surface area contributed by atoms with Crippen molar-refractivity contribution in [2.45, 2.75) is 6.54 Å². The first-order valence-corrected chi connectivity index (χ1v) is 9.48. The smallest absolute Gasteiger partial charge is 0.267 e. The summed E-state index contributed by atoms with van der Waals surface area (Å²) < 4.78 is 0.428. The highest BCUT2D eigenvalue weighted by Gasteiger charge is 2.41. The Hall–Kier alpha value is -2.15. The molecule has 2 aliphatic heterocycles. The molecule has 0 unspecified atom stereocenters. The average Bonchev–Trinajstić information content (AvgIpc) is 3.05.